The van der Waals surface area contributed by atoms with Crippen molar-refractivity contribution >= 4 is 5.91 Å². The minimum absolute atomic E-state index is 0.0107. The number of hydrogen-bond donors (Lipinski definition) is 2. The van der Waals surface area contributed by atoms with Gasteiger partial charge in [-0.3, -0.25) is 4.79 Å². The number of carbonyl (C=O) groups is 1. The van der Waals surface area contributed by atoms with Gasteiger partial charge in [-0.15, -0.1) is 0 Å². The summed E-state index contributed by atoms with van der Waals surface area (Å²) < 4.78 is 0. The molecular formula is C9H19NO2. The predicted molar refractivity (Wildman–Crippen MR) is 48.8 cm³/mol. The maximum absolute atomic E-state index is 11.4. The summed E-state index contributed by atoms with van der Waals surface area (Å²) in [4.78, 5) is 11.4. The van der Waals surface area contributed by atoms with Crippen molar-refractivity contribution in [1.82, 2.24) is 5.32 Å². The van der Waals surface area contributed by atoms with Gasteiger partial charge in [-0.25, -0.2) is 0 Å². The molecule has 0 saturated heterocycles. The zero-order valence-electron chi connectivity index (χ0n) is 8.35. The zero-order valence-corrected chi connectivity index (χ0v) is 8.35. The highest BCUT2D eigenvalue weighted by molar-refractivity contribution is 5.81. The van der Waals surface area contributed by atoms with E-state index < -0.39 is 0 Å². The highest BCUT2D eigenvalue weighted by Crippen LogP contribution is 2.12. The second kappa shape index (κ2) is 4.45. The van der Waals surface area contributed by atoms with E-state index in [-0.39, 0.29) is 24.0 Å². The first-order chi connectivity index (χ1) is 5.41. The molecule has 0 radical (unpaired) electrons. The third-order valence-electron chi connectivity index (χ3n) is 1.73. The van der Waals surface area contributed by atoms with Crippen molar-refractivity contribution in [2.75, 3.05) is 6.61 Å². The Morgan fingerprint density at radius 2 is 2.00 bits per heavy atom. The minimum atomic E-state index is -0.372. The van der Waals surface area contributed by atoms with Gasteiger partial charge in [0.1, 0.15) is 0 Å². The molecule has 72 valence electrons. The second-order valence-electron chi connectivity index (χ2n) is 4.01. The molecule has 0 heterocycles. The van der Waals surface area contributed by atoms with Crippen LogP contribution in [-0.4, -0.2) is 23.7 Å². The maximum Gasteiger partial charge on any atom is 0.225 e. The third kappa shape index (κ3) is 3.72. The molecule has 1 atom stereocenters. The lowest BCUT2D eigenvalue weighted by Gasteiger charge is -2.22. The first-order valence-corrected chi connectivity index (χ1v) is 4.33. The molecule has 12 heavy (non-hydrogen) atoms. The van der Waals surface area contributed by atoms with Crippen LogP contribution >= 0.6 is 0 Å². The molecule has 0 fully saturated rings. The van der Waals surface area contributed by atoms with Gasteiger partial charge in [-0.05, 0) is 6.42 Å². The Kier molecular flexibility index (Phi) is 4.24. The molecule has 0 bridgehead atoms. The van der Waals surface area contributed by atoms with Gasteiger partial charge in [0.25, 0.3) is 0 Å². The standard InChI is InChI=1S/C9H19NO2/c1-5-7(6-11)10-8(12)9(2,3)4/h7,11H,5-6H2,1-4H3,(H,10,12)/t7-/m1/s1. The normalized spacial score (nSPS) is 14.1. The number of carbonyl (C=O) groups excluding carboxylic acids is 1. The Morgan fingerprint density at radius 1 is 1.50 bits per heavy atom. The van der Waals surface area contributed by atoms with Crippen molar-refractivity contribution in [2.24, 2.45) is 5.41 Å². The SMILES string of the molecule is CC[C@H](CO)NC(=O)C(C)(C)C. The van der Waals surface area contributed by atoms with E-state index in [0.29, 0.717) is 0 Å². The molecular weight excluding hydrogens is 154 g/mol. The van der Waals surface area contributed by atoms with Crippen LogP contribution in [-0.2, 0) is 4.79 Å². The Hall–Kier alpha value is -0.570. The molecule has 1 amide bonds. The number of aliphatic hydroxyl groups excluding tert-OH is 1. The molecule has 0 spiro atoms. The Morgan fingerprint density at radius 3 is 2.25 bits per heavy atom. The van der Waals surface area contributed by atoms with E-state index in [0.717, 1.165) is 6.42 Å². The summed E-state index contributed by atoms with van der Waals surface area (Å²) in [6.45, 7) is 7.51. The molecule has 2 N–H and O–H groups in total. The number of rotatable bonds is 3. The molecule has 0 aliphatic heterocycles. The maximum atomic E-state index is 11.4. The number of aliphatic hydroxyl groups is 1. The van der Waals surface area contributed by atoms with E-state index in [4.69, 9.17) is 5.11 Å². The summed E-state index contributed by atoms with van der Waals surface area (Å²) in [6.07, 6.45) is 0.762. The molecule has 0 saturated carbocycles. The van der Waals surface area contributed by atoms with Gasteiger partial charge < -0.3 is 10.4 Å². The number of amides is 1. The van der Waals surface area contributed by atoms with E-state index in [1.807, 2.05) is 27.7 Å². The van der Waals surface area contributed by atoms with Crippen LogP contribution in [0.25, 0.3) is 0 Å². The lowest BCUT2D eigenvalue weighted by atomic mass is 9.95. The van der Waals surface area contributed by atoms with Crippen LogP contribution < -0.4 is 5.32 Å². The first-order valence-electron chi connectivity index (χ1n) is 4.33. The monoisotopic (exact) mass is 173 g/mol. The molecule has 0 unspecified atom stereocenters. The lowest BCUT2D eigenvalue weighted by molar-refractivity contribution is -0.129. The van der Waals surface area contributed by atoms with Gasteiger partial charge >= 0.3 is 0 Å². The average Bonchev–Trinajstić information content (AvgIpc) is 1.97. The number of hydrogen-bond acceptors (Lipinski definition) is 2. The summed E-state index contributed by atoms with van der Waals surface area (Å²) in [7, 11) is 0. The van der Waals surface area contributed by atoms with Gasteiger partial charge in [0.15, 0.2) is 0 Å². The third-order valence-corrected chi connectivity index (χ3v) is 1.73. The fourth-order valence-electron chi connectivity index (χ4n) is 0.679. The topological polar surface area (TPSA) is 49.3 Å². The van der Waals surface area contributed by atoms with Gasteiger partial charge in [0.05, 0.1) is 12.6 Å². The fourth-order valence-corrected chi connectivity index (χ4v) is 0.679. The van der Waals surface area contributed by atoms with Crippen molar-refractivity contribution in [3.8, 4) is 0 Å². The molecule has 3 nitrogen and oxygen atoms in total. The van der Waals surface area contributed by atoms with Crippen molar-refractivity contribution in [2.45, 2.75) is 40.2 Å². The van der Waals surface area contributed by atoms with E-state index in [1.54, 1.807) is 0 Å². The Balaban J connectivity index is 3.99. The number of nitrogens with one attached hydrogen (secondary N) is 1. The second-order valence-corrected chi connectivity index (χ2v) is 4.01. The molecule has 0 rings (SSSR count). The lowest BCUT2D eigenvalue weighted by Crippen LogP contribution is -2.43. The highest BCUT2D eigenvalue weighted by atomic mass is 16.3. The van der Waals surface area contributed by atoms with Crippen LogP contribution in [0.3, 0.4) is 0 Å². The van der Waals surface area contributed by atoms with Crippen LogP contribution in [0.5, 0.6) is 0 Å². The van der Waals surface area contributed by atoms with Crippen molar-refractivity contribution in [1.29, 1.82) is 0 Å². The van der Waals surface area contributed by atoms with Crippen molar-refractivity contribution in [3.05, 3.63) is 0 Å². The van der Waals surface area contributed by atoms with Gasteiger partial charge in [0, 0.05) is 5.41 Å². The Bertz CT molecular complexity index is 145. The molecule has 0 aliphatic carbocycles. The summed E-state index contributed by atoms with van der Waals surface area (Å²) >= 11 is 0. The molecule has 0 aliphatic rings. The highest BCUT2D eigenvalue weighted by Gasteiger charge is 2.22. The van der Waals surface area contributed by atoms with Crippen molar-refractivity contribution in [3.63, 3.8) is 0 Å². The smallest absolute Gasteiger partial charge is 0.225 e. The molecule has 0 aromatic carbocycles. The van der Waals surface area contributed by atoms with Crippen LogP contribution in [0.1, 0.15) is 34.1 Å². The van der Waals surface area contributed by atoms with Crippen LogP contribution in [0, 0.1) is 5.41 Å². The van der Waals surface area contributed by atoms with Gasteiger partial charge in [-0.2, -0.15) is 0 Å². The fraction of sp³-hybridized carbons (Fsp3) is 0.889. The van der Waals surface area contributed by atoms with E-state index in [9.17, 15) is 4.79 Å². The van der Waals surface area contributed by atoms with E-state index >= 15 is 0 Å². The largest absolute Gasteiger partial charge is 0.394 e. The van der Waals surface area contributed by atoms with Gasteiger partial charge in [-0.1, -0.05) is 27.7 Å². The van der Waals surface area contributed by atoms with Crippen LogP contribution in [0.2, 0.25) is 0 Å². The van der Waals surface area contributed by atoms with E-state index in [1.165, 1.54) is 0 Å². The summed E-state index contributed by atoms with van der Waals surface area (Å²) in [6, 6.07) is -0.100. The average molecular weight is 173 g/mol. The van der Waals surface area contributed by atoms with Crippen LogP contribution in [0.4, 0.5) is 0 Å². The van der Waals surface area contributed by atoms with Crippen LogP contribution in [0.15, 0.2) is 0 Å². The van der Waals surface area contributed by atoms with E-state index in [2.05, 4.69) is 5.32 Å². The summed E-state index contributed by atoms with van der Waals surface area (Å²) in [5, 5.41) is 11.6. The molecule has 3 heteroatoms. The quantitative estimate of drug-likeness (QED) is 0.666. The minimum Gasteiger partial charge on any atom is -0.394 e. The molecule has 0 aromatic rings. The molecule has 0 aromatic heterocycles. The van der Waals surface area contributed by atoms with Gasteiger partial charge in [0.2, 0.25) is 5.91 Å². The summed E-state index contributed by atoms with van der Waals surface area (Å²) in [5.74, 6) is -0.0107. The Labute approximate surface area is 74.2 Å². The first kappa shape index (κ1) is 11.4. The summed E-state index contributed by atoms with van der Waals surface area (Å²) in [5.41, 5.74) is -0.372. The van der Waals surface area contributed by atoms with Crippen molar-refractivity contribution < 1.29 is 9.90 Å². The zero-order chi connectivity index (χ0) is 9.78. The predicted octanol–water partition coefficient (Wildman–Crippen LogP) is 0.920.